The zero-order valence-electron chi connectivity index (χ0n) is 9.91. The summed E-state index contributed by atoms with van der Waals surface area (Å²) in [5.41, 5.74) is 3.18. The van der Waals surface area contributed by atoms with E-state index in [1.807, 2.05) is 24.3 Å². The molecule has 0 fully saturated rings. The van der Waals surface area contributed by atoms with Gasteiger partial charge in [-0.3, -0.25) is 0 Å². The standard InChI is InChI=1S/C15H12Cl2O/c1-9-7-10-3-2-4-12(15(10)18-9)13-8-11(16)5-6-14(13)17/h2-6,8-9H,7H2,1H3. The van der Waals surface area contributed by atoms with Crippen LogP contribution >= 0.6 is 23.2 Å². The first kappa shape index (κ1) is 11.9. The van der Waals surface area contributed by atoms with E-state index < -0.39 is 0 Å². The monoisotopic (exact) mass is 278 g/mol. The maximum absolute atomic E-state index is 6.25. The topological polar surface area (TPSA) is 9.23 Å². The molecule has 2 aromatic carbocycles. The largest absolute Gasteiger partial charge is 0.489 e. The molecule has 2 aromatic rings. The van der Waals surface area contributed by atoms with E-state index in [2.05, 4.69) is 13.0 Å². The molecule has 0 radical (unpaired) electrons. The Morgan fingerprint density at radius 3 is 2.78 bits per heavy atom. The summed E-state index contributed by atoms with van der Waals surface area (Å²) in [6.07, 6.45) is 1.17. The zero-order valence-corrected chi connectivity index (χ0v) is 11.4. The van der Waals surface area contributed by atoms with Gasteiger partial charge in [-0.1, -0.05) is 41.4 Å². The SMILES string of the molecule is CC1Cc2cccc(-c3cc(Cl)ccc3Cl)c2O1. The van der Waals surface area contributed by atoms with Gasteiger partial charge in [-0.25, -0.2) is 0 Å². The highest BCUT2D eigenvalue weighted by Crippen LogP contribution is 2.41. The quantitative estimate of drug-likeness (QED) is 0.715. The highest BCUT2D eigenvalue weighted by Gasteiger charge is 2.23. The van der Waals surface area contributed by atoms with Crippen molar-refractivity contribution in [2.24, 2.45) is 0 Å². The molecule has 1 nitrogen and oxygen atoms in total. The number of hydrogen-bond donors (Lipinski definition) is 0. The number of rotatable bonds is 1. The van der Waals surface area contributed by atoms with Crippen molar-refractivity contribution in [1.29, 1.82) is 0 Å². The van der Waals surface area contributed by atoms with Gasteiger partial charge in [0.05, 0.1) is 0 Å². The third-order valence-corrected chi connectivity index (χ3v) is 3.71. The summed E-state index contributed by atoms with van der Waals surface area (Å²) in [6.45, 7) is 2.07. The van der Waals surface area contributed by atoms with Gasteiger partial charge in [0.1, 0.15) is 11.9 Å². The molecule has 1 heterocycles. The van der Waals surface area contributed by atoms with Crippen LogP contribution in [0, 0.1) is 0 Å². The van der Waals surface area contributed by atoms with E-state index >= 15 is 0 Å². The van der Waals surface area contributed by atoms with Gasteiger partial charge in [0.15, 0.2) is 0 Å². The lowest BCUT2D eigenvalue weighted by atomic mass is 10.0. The van der Waals surface area contributed by atoms with Crippen LogP contribution in [-0.4, -0.2) is 6.10 Å². The minimum Gasteiger partial charge on any atom is -0.489 e. The molecule has 3 heteroatoms. The van der Waals surface area contributed by atoms with Crippen molar-refractivity contribution in [2.45, 2.75) is 19.4 Å². The molecule has 0 amide bonds. The van der Waals surface area contributed by atoms with Crippen molar-refractivity contribution in [3.63, 3.8) is 0 Å². The average molecular weight is 279 g/mol. The van der Waals surface area contributed by atoms with Crippen molar-refractivity contribution in [3.8, 4) is 16.9 Å². The van der Waals surface area contributed by atoms with Gasteiger partial charge >= 0.3 is 0 Å². The Bertz CT molecular complexity index is 607. The maximum atomic E-state index is 6.25. The number of hydrogen-bond acceptors (Lipinski definition) is 1. The second kappa shape index (κ2) is 4.49. The van der Waals surface area contributed by atoms with Crippen LogP contribution < -0.4 is 4.74 Å². The van der Waals surface area contributed by atoms with Crippen LogP contribution in [0.5, 0.6) is 5.75 Å². The molecule has 0 spiro atoms. The molecule has 1 atom stereocenters. The van der Waals surface area contributed by atoms with E-state index in [4.69, 9.17) is 27.9 Å². The molecule has 0 aliphatic carbocycles. The summed E-state index contributed by atoms with van der Waals surface area (Å²) in [6, 6.07) is 11.6. The van der Waals surface area contributed by atoms with E-state index in [0.717, 1.165) is 23.3 Å². The molecule has 1 aliphatic heterocycles. The molecule has 3 rings (SSSR count). The summed E-state index contributed by atoms with van der Waals surface area (Å²) >= 11 is 12.3. The number of ether oxygens (including phenoxy) is 1. The third-order valence-electron chi connectivity index (χ3n) is 3.14. The fraction of sp³-hybridized carbons (Fsp3) is 0.200. The lowest BCUT2D eigenvalue weighted by Gasteiger charge is -2.11. The minimum atomic E-state index is 0.221. The third kappa shape index (κ3) is 1.98. The normalized spacial score (nSPS) is 17.4. The lowest BCUT2D eigenvalue weighted by molar-refractivity contribution is 0.255. The highest BCUT2D eigenvalue weighted by atomic mass is 35.5. The molecule has 0 saturated heterocycles. The van der Waals surface area contributed by atoms with E-state index in [1.54, 1.807) is 6.07 Å². The molecule has 0 saturated carbocycles. The molecule has 18 heavy (non-hydrogen) atoms. The molecule has 0 aromatic heterocycles. The van der Waals surface area contributed by atoms with Crippen LogP contribution in [0.4, 0.5) is 0 Å². The first-order valence-electron chi connectivity index (χ1n) is 5.89. The van der Waals surface area contributed by atoms with Gasteiger partial charge in [0.25, 0.3) is 0 Å². The summed E-state index contributed by atoms with van der Waals surface area (Å²) in [5, 5.41) is 1.37. The predicted octanol–water partition coefficient (Wildman–Crippen LogP) is 4.98. The first-order valence-corrected chi connectivity index (χ1v) is 6.64. The Balaban J connectivity index is 2.19. The van der Waals surface area contributed by atoms with Crippen LogP contribution in [0.15, 0.2) is 36.4 Å². The Hall–Kier alpha value is -1.18. The molecule has 0 bridgehead atoms. The van der Waals surface area contributed by atoms with Gasteiger partial charge in [-0.05, 0) is 30.7 Å². The number of fused-ring (bicyclic) bond motifs is 1. The Morgan fingerprint density at radius 1 is 1.11 bits per heavy atom. The Morgan fingerprint density at radius 2 is 1.94 bits per heavy atom. The van der Waals surface area contributed by atoms with Crippen molar-refractivity contribution in [1.82, 2.24) is 0 Å². The summed E-state index contributed by atoms with van der Waals surface area (Å²) in [5.74, 6) is 0.939. The van der Waals surface area contributed by atoms with Crippen molar-refractivity contribution >= 4 is 23.2 Å². The molecular weight excluding hydrogens is 267 g/mol. The molecule has 1 unspecified atom stereocenters. The number of para-hydroxylation sites is 1. The lowest BCUT2D eigenvalue weighted by Crippen LogP contribution is -2.05. The molecule has 1 aliphatic rings. The maximum Gasteiger partial charge on any atom is 0.130 e. The summed E-state index contributed by atoms with van der Waals surface area (Å²) in [4.78, 5) is 0. The van der Waals surface area contributed by atoms with Gasteiger partial charge in [0.2, 0.25) is 0 Å². The van der Waals surface area contributed by atoms with Crippen molar-refractivity contribution < 1.29 is 4.74 Å². The highest BCUT2D eigenvalue weighted by molar-refractivity contribution is 6.35. The van der Waals surface area contributed by atoms with Gasteiger partial charge < -0.3 is 4.74 Å². The summed E-state index contributed by atoms with van der Waals surface area (Å²) < 4.78 is 5.89. The second-order valence-corrected chi connectivity index (χ2v) is 5.39. The van der Waals surface area contributed by atoms with Crippen LogP contribution in [0.2, 0.25) is 10.0 Å². The first-order chi connectivity index (χ1) is 8.65. The fourth-order valence-corrected chi connectivity index (χ4v) is 2.74. The van der Waals surface area contributed by atoms with Gasteiger partial charge in [-0.15, -0.1) is 0 Å². The number of halogens is 2. The van der Waals surface area contributed by atoms with E-state index in [9.17, 15) is 0 Å². The molecular formula is C15H12Cl2O. The van der Waals surface area contributed by atoms with Gasteiger partial charge in [-0.2, -0.15) is 0 Å². The van der Waals surface area contributed by atoms with E-state index in [0.29, 0.717) is 10.0 Å². The Kier molecular flexibility index (Phi) is 2.96. The van der Waals surface area contributed by atoms with Crippen LogP contribution in [0.3, 0.4) is 0 Å². The molecule has 0 N–H and O–H groups in total. The van der Waals surface area contributed by atoms with Crippen LogP contribution in [0.25, 0.3) is 11.1 Å². The number of benzene rings is 2. The van der Waals surface area contributed by atoms with Crippen LogP contribution in [-0.2, 0) is 6.42 Å². The van der Waals surface area contributed by atoms with Crippen molar-refractivity contribution in [2.75, 3.05) is 0 Å². The van der Waals surface area contributed by atoms with Crippen LogP contribution in [0.1, 0.15) is 12.5 Å². The average Bonchev–Trinajstić information content (AvgIpc) is 2.72. The van der Waals surface area contributed by atoms with Gasteiger partial charge in [0, 0.05) is 27.6 Å². The summed E-state index contributed by atoms with van der Waals surface area (Å²) in [7, 11) is 0. The smallest absolute Gasteiger partial charge is 0.130 e. The Labute approximate surface area is 116 Å². The fourth-order valence-electron chi connectivity index (χ4n) is 2.35. The molecule has 92 valence electrons. The van der Waals surface area contributed by atoms with Crippen molar-refractivity contribution in [3.05, 3.63) is 52.0 Å². The second-order valence-electron chi connectivity index (χ2n) is 4.55. The minimum absolute atomic E-state index is 0.221. The van der Waals surface area contributed by atoms with E-state index in [-0.39, 0.29) is 6.10 Å². The van der Waals surface area contributed by atoms with E-state index in [1.165, 1.54) is 5.56 Å². The zero-order chi connectivity index (χ0) is 12.7. The predicted molar refractivity (Wildman–Crippen MR) is 75.7 cm³/mol.